The predicted octanol–water partition coefficient (Wildman–Crippen LogP) is 2.50. The fourth-order valence-corrected chi connectivity index (χ4v) is 1.38. The molecule has 0 amide bonds. The van der Waals surface area contributed by atoms with Crippen molar-refractivity contribution in [3.8, 4) is 0 Å². The molecule has 72 valence electrons. The van der Waals surface area contributed by atoms with Gasteiger partial charge in [-0.05, 0) is 18.3 Å². The number of hydrogen-bond acceptors (Lipinski definition) is 2. The third-order valence-corrected chi connectivity index (χ3v) is 2.15. The largest absolute Gasteiger partial charge is 0.298 e. The monoisotopic (exact) mass is 171 g/mol. The molecule has 1 rings (SSSR count). The fraction of sp³-hybridized carbons (Fsp3) is 1.00. The van der Waals surface area contributed by atoms with E-state index >= 15 is 0 Å². The van der Waals surface area contributed by atoms with Gasteiger partial charge in [0.1, 0.15) is 0 Å². The van der Waals surface area contributed by atoms with E-state index in [-0.39, 0.29) is 0 Å². The minimum absolute atomic E-state index is 0.318. The minimum atomic E-state index is 0.318. The normalized spacial score (nSPS) is 20.2. The van der Waals surface area contributed by atoms with E-state index in [1.165, 1.54) is 25.7 Å². The van der Waals surface area contributed by atoms with Gasteiger partial charge in [-0.25, -0.2) is 5.48 Å². The van der Waals surface area contributed by atoms with Gasteiger partial charge >= 0.3 is 0 Å². The highest BCUT2D eigenvalue weighted by atomic mass is 16.7. The molecule has 0 unspecified atom stereocenters. The smallest absolute Gasteiger partial charge is 0.0790 e. The van der Waals surface area contributed by atoms with E-state index in [0.717, 1.165) is 6.54 Å². The third-order valence-electron chi connectivity index (χ3n) is 2.15. The Balaban J connectivity index is 2.02. The third kappa shape index (κ3) is 4.07. The summed E-state index contributed by atoms with van der Waals surface area (Å²) in [5, 5.41) is 0. The van der Waals surface area contributed by atoms with Gasteiger partial charge in [0, 0.05) is 6.54 Å². The van der Waals surface area contributed by atoms with Crippen LogP contribution in [0, 0.1) is 5.41 Å². The van der Waals surface area contributed by atoms with Crippen LogP contribution in [0.2, 0.25) is 0 Å². The molecule has 1 saturated carbocycles. The summed E-state index contributed by atoms with van der Waals surface area (Å²) in [6, 6.07) is 0. The van der Waals surface area contributed by atoms with Crippen LogP contribution in [-0.4, -0.2) is 12.6 Å². The molecule has 0 bridgehead atoms. The molecule has 0 heterocycles. The second kappa shape index (κ2) is 4.24. The summed E-state index contributed by atoms with van der Waals surface area (Å²) >= 11 is 0. The molecule has 12 heavy (non-hydrogen) atoms. The Morgan fingerprint density at radius 2 is 1.83 bits per heavy atom. The number of nitrogens with one attached hydrogen (secondary N) is 1. The first-order valence-electron chi connectivity index (χ1n) is 4.96. The van der Waals surface area contributed by atoms with Gasteiger partial charge in [0.2, 0.25) is 0 Å². The Bertz CT molecular complexity index is 122. The van der Waals surface area contributed by atoms with Gasteiger partial charge in [0.25, 0.3) is 0 Å². The van der Waals surface area contributed by atoms with Crippen LogP contribution in [0.1, 0.15) is 46.5 Å². The summed E-state index contributed by atoms with van der Waals surface area (Å²) in [6.45, 7) is 7.55. The Kier molecular flexibility index (Phi) is 3.53. The molecule has 1 aliphatic carbocycles. The van der Waals surface area contributed by atoms with Crippen LogP contribution in [0.3, 0.4) is 0 Å². The molecule has 0 aromatic rings. The highest BCUT2D eigenvalue weighted by Crippen LogP contribution is 2.20. The van der Waals surface area contributed by atoms with E-state index in [2.05, 4.69) is 26.3 Å². The van der Waals surface area contributed by atoms with Gasteiger partial charge in [-0.15, -0.1) is 0 Å². The molecular formula is C10H21NO. The molecule has 1 N–H and O–H groups in total. The number of hydroxylamine groups is 1. The first-order chi connectivity index (χ1) is 5.58. The average Bonchev–Trinajstić information content (AvgIpc) is 2.36. The first-order valence-corrected chi connectivity index (χ1v) is 4.96. The van der Waals surface area contributed by atoms with Gasteiger partial charge in [-0.3, -0.25) is 4.84 Å². The van der Waals surface area contributed by atoms with E-state index in [1.54, 1.807) is 0 Å². The summed E-state index contributed by atoms with van der Waals surface area (Å²) in [7, 11) is 0. The van der Waals surface area contributed by atoms with Gasteiger partial charge < -0.3 is 0 Å². The highest BCUT2D eigenvalue weighted by molar-refractivity contribution is 4.67. The molecule has 1 fully saturated rings. The second-order valence-corrected chi connectivity index (χ2v) is 4.91. The fourth-order valence-electron chi connectivity index (χ4n) is 1.38. The Morgan fingerprint density at radius 3 is 2.33 bits per heavy atom. The van der Waals surface area contributed by atoms with E-state index in [9.17, 15) is 0 Å². The van der Waals surface area contributed by atoms with Gasteiger partial charge in [0.15, 0.2) is 0 Å². The molecule has 0 saturated heterocycles. The molecule has 1 aliphatic rings. The maximum atomic E-state index is 5.53. The summed E-state index contributed by atoms with van der Waals surface area (Å²) in [6.07, 6.45) is 5.62. The molecule has 0 atom stereocenters. The molecule has 0 aliphatic heterocycles. The van der Waals surface area contributed by atoms with Crippen molar-refractivity contribution in [3.05, 3.63) is 0 Å². The van der Waals surface area contributed by atoms with Crippen molar-refractivity contribution in [1.29, 1.82) is 0 Å². The summed E-state index contributed by atoms with van der Waals surface area (Å²) in [4.78, 5) is 5.53. The van der Waals surface area contributed by atoms with Gasteiger partial charge in [-0.1, -0.05) is 33.6 Å². The SMILES string of the molecule is CC(C)(C)CNOC1CCCC1. The molecule has 0 radical (unpaired) electrons. The van der Waals surface area contributed by atoms with Crippen LogP contribution >= 0.6 is 0 Å². The van der Waals surface area contributed by atoms with E-state index < -0.39 is 0 Å². The van der Waals surface area contributed by atoms with Crippen LogP contribution in [0.25, 0.3) is 0 Å². The van der Waals surface area contributed by atoms with Crippen LogP contribution < -0.4 is 5.48 Å². The Labute approximate surface area is 75.6 Å². The van der Waals surface area contributed by atoms with Gasteiger partial charge in [-0.2, -0.15) is 0 Å². The molecular weight excluding hydrogens is 150 g/mol. The quantitative estimate of drug-likeness (QED) is 0.659. The van der Waals surface area contributed by atoms with Gasteiger partial charge in [0.05, 0.1) is 6.10 Å². The zero-order valence-electron chi connectivity index (χ0n) is 8.52. The van der Waals surface area contributed by atoms with Crippen LogP contribution in [0.15, 0.2) is 0 Å². The van der Waals surface area contributed by atoms with Crippen LogP contribution in [0.4, 0.5) is 0 Å². The summed E-state index contributed by atoms with van der Waals surface area (Å²) in [5.41, 5.74) is 3.39. The minimum Gasteiger partial charge on any atom is -0.298 e. The summed E-state index contributed by atoms with van der Waals surface area (Å²) in [5.74, 6) is 0. The zero-order valence-corrected chi connectivity index (χ0v) is 8.52. The molecule has 0 spiro atoms. The maximum absolute atomic E-state index is 5.53. The van der Waals surface area contributed by atoms with Crippen molar-refractivity contribution < 1.29 is 4.84 Å². The number of rotatable bonds is 3. The summed E-state index contributed by atoms with van der Waals surface area (Å²) < 4.78 is 0. The van der Waals surface area contributed by atoms with E-state index in [1.807, 2.05) is 0 Å². The maximum Gasteiger partial charge on any atom is 0.0790 e. The van der Waals surface area contributed by atoms with Crippen molar-refractivity contribution in [2.24, 2.45) is 5.41 Å². The molecule has 2 nitrogen and oxygen atoms in total. The average molecular weight is 171 g/mol. The van der Waals surface area contributed by atoms with Crippen molar-refractivity contribution in [2.45, 2.75) is 52.6 Å². The van der Waals surface area contributed by atoms with Crippen LogP contribution in [-0.2, 0) is 4.84 Å². The molecule has 2 heteroatoms. The van der Waals surface area contributed by atoms with Crippen molar-refractivity contribution in [2.75, 3.05) is 6.54 Å². The van der Waals surface area contributed by atoms with Crippen LogP contribution in [0.5, 0.6) is 0 Å². The molecule has 0 aromatic heterocycles. The molecule has 0 aromatic carbocycles. The standard InChI is InChI=1S/C10H21NO/c1-10(2,3)8-11-12-9-6-4-5-7-9/h9,11H,4-8H2,1-3H3. The van der Waals surface area contributed by atoms with Crippen molar-refractivity contribution in [3.63, 3.8) is 0 Å². The lowest BCUT2D eigenvalue weighted by molar-refractivity contribution is -0.0323. The lowest BCUT2D eigenvalue weighted by atomic mass is 9.98. The first kappa shape index (κ1) is 10.0. The Hall–Kier alpha value is -0.0800. The van der Waals surface area contributed by atoms with E-state index in [0.29, 0.717) is 11.5 Å². The van der Waals surface area contributed by atoms with Crippen molar-refractivity contribution in [1.82, 2.24) is 5.48 Å². The Morgan fingerprint density at radius 1 is 1.25 bits per heavy atom. The van der Waals surface area contributed by atoms with E-state index in [4.69, 9.17) is 4.84 Å². The predicted molar refractivity (Wildman–Crippen MR) is 50.8 cm³/mol. The lowest BCUT2D eigenvalue weighted by Gasteiger charge is -2.20. The topological polar surface area (TPSA) is 21.3 Å². The number of hydrogen-bond donors (Lipinski definition) is 1. The van der Waals surface area contributed by atoms with Crippen molar-refractivity contribution >= 4 is 0 Å². The zero-order chi connectivity index (χ0) is 9.03. The second-order valence-electron chi connectivity index (χ2n) is 4.91. The lowest BCUT2D eigenvalue weighted by Crippen LogP contribution is -2.30. The highest BCUT2D eigenvalue weighted by Gasteiger charge is 2.16.